The van der Waals surface area contributed by atoms with Gasteiger partial charge in [-0.15, -0.1) is 11.8 Å². The van der Waals surface area contributed by atoms with E-state index in [1.807, 2.05) is 0 Å². The Morgan fingerprint density at radius 2 is 2.56 bits per heavy atom. The minimum absolute atomic E-state index is 0.308. The Balaban J connectivity index is 2.60. The highest BCUT2D eigenvalue weighted by atomic mass is 32.2. The fourth-order valence-electron chi connectivity index (χ4n) is 0.754. The molecule has 4 heteroatoms. The monoisotopic (exact) mass is 145 g/mol. The summed E-state index contributed by atoms with van der Waals surface area (Å²) < 4.78 is 0. The van der Waals surface area contributed by atoms with E-state index in [0.717, 1.165) is 5.75 Å². The summed E-state index contributed by atoms with van der Waals surface area (Å²) in [6.45, 7) is 0. The van der Waals surface area contributed by atoms with Gasteiger partial charge < -0.3 is 5.11 Å². The first-order valence-electron chi connectivity index (χ1n) is 2.66. The van der Waals surface area contributed by atoms with Gasteiger partial charge in [-0.25, -0.2) is 0 Å². The van der Waals surface area contributed by atoms with Gasteiger partial charge in [0, 0.05) is 5.75 Å². The maximum absolute atomic E-state index is 10.3. The second-order valence-corrected chi connectivity index (χ2v) is 3.03. The standard InChI is InChI=1S/C5H7NO2S/c6-4-3(5(7)8)1-2-9-4/h3,6H,1-2H2,(H,7,8). The molecule has 0 aromatic heterocycles. The van der Waals surface area contributed by atoms with E-state index in [4.69, 9.17) is 10.5 Å². The van der Waals surface area contributed by atoms with Crippen molar-refractivity contribution >= 4 is 22.8 Å². The van der Waals surface area contributed by atoms with Crippen molar-refractivity contribution in [1.82, 2.24) is 0 Å². The molecule has 0 amide bonds. The summed E-state index contributed by atoms with van der Waals surface area (Å²) in [5.74, 6) is -0.574. The third kappa shape index (κ3) is 1.24. The van der Waals surface area contributed by atoms with Crippen molar-refractivity contribution in [3.8, 4) is 0 Å². The molecule has 0 aromatic carbocycles. The molecule has 1 aliphatic rings. The SMILES string of the molecule is N=C1SCCC1C(=O)O. The average Bonchev–Trinajstić information content (AvgIpc) is 2.13. The topological polar surface area (TPSA) is 61.2 Å². The predicted octanol–water partition coefficient (Wildman–Crippen LogP) is 0.801. The van der Waals surface area contributed by atoms with E-state index in [9.17, 15) is 4.79 Å². The van der Waals surface area contributed by atoms with Gasteiger partial charge in [0.1, 0.15) is 5.92 Å². The molecule has 3 nitrogen and oxygen atoms in total. The van der Waals surface area contributed by atoms with E-state index in [1.54, 1.807) is 0 Å². The summed E-state index contributed by atoms with van der Waals surface area (Å²) in [4.78, 5) is 10.3. The van der Waals surface area contributed by atoms with Crippen LogP contribution >= 0.6 is 11.8 Å². The Morgan fingerprint density at radius 1 is 1.89 bits per heavy atom. The number of nitrogens with one attached hydrogen (secondary N) is 1. The smallest absolute Gasteiger partial charge is 0.313 e. The van der Waals surface area contributed by atoms with Crippen LogP contribution in [0.1, 0.15) is 6.42 Å². The molecule has 1 atom stereocenters. The van der Waals surface area contributed by atoms with Gasteiger partial charge >= 0.3 is 5.97 Å². The number of carboxylic acid groups (broad SMARTS) is 1. The number of rotatable bonds is 1. The van der Waals surface area contributed by atoms with Gasteiger partial charge in [-0.3, -0.25) is 10.2 Å². The fraction of sp³-hybridized carbons (Fsp3) is 0.600. The molecule has 0 aromatic rings. The molecule has 1 unspecified atom stereocenters. The van der Waals surface area contributed by atoms with E-state index >= 15 is 0 Å². The fourth-order valence-corrected chi connectivity index (χ4v) is 1.75. The second-order valence-electron chi connectivity index (χ2n) is 1.89. The lowest BCUT2D eigenvalue weighted by molar-refractivity contribution is -0.139. The Kier molecular flexibility index (Phi) is 1.75. The van der Waals surface area contributed by atoms with Crippen molar-refractivity contribution in [2.75, 3.05) is 5.75 Å². The second kappa shape index (κ2) is 2.39. The molecule has 1 aliphatic heterocycles. The van der Waals surface area contributed by atoms with Crippen molar-refractivity contribution in [2.45, 2.75) is 6.42 Å². The van der Waals surface area contributed by atoms with E-state index in [-0.39, 0.29) is 0 Å². The summed E-state index contributed by atoms with van der Waals surface area (Å²) in [6.07, 6.45) is 0.624. The van der Waals surface area contributed by atoms with Crippen LogP contribution in [0.5, 0.6) is 0 Å². The molecule has 0 saturated carbocycles. The summed E-state index contributed by atoms with van der Waals surface area (Å²) >= 11 is 1.34. The van der Waals surface area contributed by atoms with Crippen LogP contribution in [0.3, 0.4) is 0 Å². The van der Waals surface area contributed by atoms with Crippen LogP contribution in [0.15, 0.2) is 0 Å². The van der Waals surface area contributed by atoms with Crippen molar-refractivity contribution < 1.29 is 9.90 Å². The van der Waals surface area contributed by atoms with E-state index in [1.165, 1.54) is 11.8 Å². The van der Waals surface area contributed by atoms with Gasteiger partial charge in [0.05, 0.1) is 5.04 Å². The maximum Gasteiger partial charge on any atom is 0.313 e. The molecule has 0 bridgehead atoms. The highest BCUT2D eigenvalue weighted by Crippen LogP contribution is 2.25. The van der Waals surface area contributed by atoms with E-state index in [2.05, 4.69) is 0 Å². The summed E-state index contributed by atoms with van der Waals surface area (Å²) in [7, 11) is 0. The first kappa shape index (κ1) is 6.61. The minimum atomic E-state index is -0.856. The summed E-state index contributed by atoms with van der Waals surface area (Å²) in [5, 5.41) is 15.9. The molecule has 1 saturated heterocycles. The Labute approximate surface area is 57.0 Å². The zero-order valence-corrected chi connectivity index (χ0v) is 5.57. The van der Waals surface area contributed by atoms with Gasteiger partial charge in [-0.1, -0.05) is 0 Å². The number of aliphatic carboxylic acids is 1. The van der Waals surface area contributed by atoms with Crippen molar-refractivity contribution in [1.29, 1.82) is 5.41 Å². The molecule has 1 rings (SSSR count). The zero-order valence-electron chi connectivity index (χ0n) is 4.76. The normalized spacial score (nSPS) is 26.7. The van der Waals surface area contributed by atoms with Crippen molar-refractivity contribution in [3.05, 3.63) is 0 Å². The quantitative estimate of drug-likeness (QED) is 0.573. The molecular weight excluding hydrogens is 138 g/mol. The lowest BCUT2D eigenvalue weighted by Gasteiger charge is -1.98. The van der Waals surface area contributed by atoms with E-state index < -0.39 is 11.9 Å². The number of carbonyl (C=O) groups is 1. The maximum atomic E-state index is 10.3. The van der Waals surface area contributed by atoms with Gasteiger partial charge in [-0.2, -0.15) is 0 Å². The lowest BCUT2D eigenvalue weighted by Crippen LogP contribution is -2.15. The van der Waals surface area contributed by atoms with Crippen LogP contribution in [-0.4, -0.2) is 21.9 Å². The molecule has 0 spiro atoms. The van der Waals surface area contributed by atoms with Gasteiger partial charge in [0.2, 0.25) is 0 Å². The third-order valence-corrected chi connectivity index (χ3v) is 2.31. The van der Waals surface area contributed by atoms with E-state index in [0.29, 0.717) is 11.5 Å². The van der Waals surface area contributed by atoms with Crippen molar-refractivity contribution in [3.63, 3.8) is 0 Å². The molecule has 9 heavy (non-hydrogen) atoms. The minimum Gasteiger partial charge on any atom is -0.481 e. The Bertz CT molecular complexity index is 157. The largest absolute Gasteiger partial charge is 0.481 e. The van der Waals surface area contributed by atoms with Crippen LogP contribution in [0.2, 0.25) is 0 Å². The van der Waals surface area contributed by atoms with Crippen LogP contribution in [0.25, 0.3) is 0 Å². The third-order valence-electron chi connectivity index (χ3n) is 1.28. The lowest BCUT2D eigenvalue weighted by atomic mass is 10.1. The Hall–Kier alpha value is -0.510. The zero-order chi connectivity index (χ0) is 6.85. The van der Waals surface area contributed by atoms with Crippen molar-refractivity contribution in [2.24, 2.45) is 5.92 Å². The molecule has 2 N–H and O–H groups in total. The average molecular weight is 145 g/mol. The first-order chi connectivity index (χ1) is 4.22. The molecule has 1 fully saturated rings. The molecule has 50 valence electrons. The number of hydrogen-bond acceptors (Lipinski definition) is 3. The van der Waals surface area contributed by atoms with Crippen LogP contribution in [0, 0.1) is 11.3 Å². The number of hydrogen-bond donors (Lipinski definition) is 2. The molecule has 0 radical (unpaired) electrons. The van der Waals surface area contributed by atoms with Gasteiger partial charge in [-0.05, 0) is 6.42 Å². The number of carboxylic acids is 1. The van der Waals surface area contributed by atoms with Gasteiger partial charge in [0.15, 0.2) is 0 Å². The van der Waals surface area contributed by atoms with Crippen LogP contribution in [0.4, 0.5) is 0 Å². The summed E-state index contributed by atoms with van der Waals surface area (Å²) in [6, 6.07) is 0. The molecule has 1 heterocycles. The molecule has 0 aliphatic carbocycles. The predicted molar refractivity (Wildman–Crippen MR) is 35.9 cm³/mol. The van der Waals surface area contributed by atoms with Crippen LogP contribution in [-0.2, 0) is 4.79 Å². The first-order valence-corrected chi connectivity index (χ1v) is 3.64. The van der Waals surface area contributed by atoms with Gasteiger partial charge in [0.25, 0.3) is 0 Å². The summed E-state index contributed by atoms with van der Waals surface area (Å²) in [5.41, 5.74) is 0. The van der Waals surface area contributed by atoms with Crippen LogP contribution < -0.4 is 0 Å². The highest BCUT2D eigenvalue weighted by molar-refractivity contribution is 8.14. The molecular formula is C5H7NO2S. The number of thioether (sulfide) groups is 1. The highest BCUT2D eigenvalue weighted by Gasteiger charge is 2.27. The Morgan fingerprint density at radius 3 is 2.78 bits per heavy atom.